The lowest BCUT2D eigenvalue weighted by atomic mass is 10.0. The number of halogens is 2. The number of amides is 2. The molecule has 1 aliphatic heterocycles. The van der Waals surface area contributed by atoms with E-state index in [0.29, 0.717) is 6.07 Å². The first-order valence-electron chi connectivity index (χ1n) is 10.6. The Balaban J connectivity index is 1.36. The molecule has 0 atom stereocenters. The second-order valence-corrected chi connectivity index (χ2v) is 7.88. The van der Waals surface area contributed by atoms with Crippen LogP contribution in [0.15, 0.2) is 60.9 Å². The molecule has 3 aromatic rings. The Hall–Kier alpha value is -3.72. The maximum absolute atomic E-state index is 13.4. The summed E-state index contributed by atoms with van der Waals surface area (Å²) in [5.41, 5.74) is 0.961. The molecule has 2 N–H and O–H groups in total. The average Bonchev–Trinajstić information content (AvgIpc) is 2.81. The highest BCUT2D eigenvalue weighted by Crippen LogP contribution is 2.17. The van der Waals surface area contributed by atoms with Crippen LogP contribution in [0.1, 0.15) is 39.3 Å². The monoisotopic (exact) mass is 451 g/mol. The van der Waals surface area contributed by atoms with Crippen LogP contribution in [-0.2, 0) is 6.54 Å². The molecule has 0 unspecified atom stereocenters. The van der Waals surface area contributed by atoms with Crippen LogP contribution in [0.4, 0.5) is 14.6 Å². The van der Waals surface area contributed by atoms with E-state index in [-0.39, 0.29) is 23.1 Å². The lowest BCUT2D eigenvalue weighted by Crippen LogP contribution is -2.44. The number of nitrogens with zero attached hydrogens (tertiary/aromatic N) is 3. The Labute approximate surface area is 189 Å². The minimum absolute atomic E-state index is 0.0348. The Morgan fingerprint density at radius 1 is 0.939 bits per heavy atom. The largest absolute Gasteiger partial charge is 0.348 e. The fraction of sp³-hybridized carbons (Fsp3) is 0.250. The summed E-state index contributed by atoms with van der Waals surface area (Å²) in [4.78, 5) is 35.7. The lowest BCUT2D eigenvalue weighted by molar-refractivity contribution is 0.0904. The molecule has 0 radical (unpaired) electrons. The van der Waals surface area contributed by atoms with Gasteiger partial charge in [0.15, 0.2) is 11.5 Å². The van der Waals surface area contributed by atoms with Crippen LogP contribution in [0.3, 0.4) is 0 Å². The van der Waals surface area contributed by atoms with Gasteiger partial charge in [-0.3, -0.25) is 14.5 Å². The predicted octanol–water partition coefficient (Wildman–Crippen LogP) is 3.40. The standard InChI is InChI=1S/C24H23F2N5O2/c25-18-12-17(13-19(26)14-18)23(32)30-22-21(27-8-9-28-22)24(33)29-20-6-10-31(11-7-20)15-16-4-2-1-3-5-16/h1-5,8-9,12-14,20H,6-7,10-11,15H2,(H,29,33)(H,28,30,32). The van der Waals surface area contributed by atoms with Crippen molar-refractivity contribution in [2.45, 2.75) is 25.4 Å². The quantitative estimate of drug-likeness (QED) is 0.600. The van der Waals surface area contributed by atoms with E-state index in [0.717, 1.165) is 44.6 Å². The fourth-order valence-corrected chi connectivity index (χ4v) is 3.79. The van der Waals surface area contributed by atoms with Gasteiger partial charge in [0.1, 0.15) is 11.6 Å². The SMILES string of the molecule is O=C(Nc1nccnc1C(=O)NC1CCN(Cc2ccccc2)CC1)c1cc(F)cc(F)c1. The third kappa shape index (κ3) is 5.95. The zero-order valence-corrected chi connectivity index (χ0v) is 17.8. The third-order valence-corrected chi connectivity index (χ3v) is 5.44. The lowest BCUT2D eigenvalue weighted by Gasteiger charge is -2.32. The first kappa shape index (κ1) is 22.5. The summed E-state index contributed by atoms with van der Waals surface area (Å²) >= 11 is 0. The number of carbonyl (C=O) groups is 2. The van der Waals surface area contributed by atoms with E-state index in [9.17, 15) is 18.4 Å². The molecule has 170 valence electrons. The molecule has 0 spiro atoms. The van der Waals surface area contributed by atoms with Crippen LogP contribution < -0.4 is 10.6 Å². The molecule has 9 heteroatoms. The van der Waals surface area contributed by atoms with Crippen molar-refractivity contribution in [3.05, 3.63) is 89.4 Å². The highest BCUT2D eigenvalue weighted by atomic mass is 19.1. The molecular weight excluding hydrogens is 428 g/mol. The highest BCUT2D eigenvalue weighted by Gasteiger charge is 2.24. The van der Waals surface area contributed by atoms with Gasteiger partial charge in [-0.2, -0.15) is 0 Å². The van der Waals surface area contributed by atoms with Crippen molar-refractivity contribution >= 4 is 17.6 Å². The van der Waals surface area contributed by atoms with Gasteiger partial charge in [-0.25, -0.2) is 18.7 Å². The first-order chi connectivity index (χ1) is 16.0. The zero-order chi connectivity index (χ0) is 23.2. The molecule has 1 aromatic heterocycles. The van der Waals surface area contributed by atoms with E-state index >= 15 is 0 Å². The molecule has 2 aromatic carbocycles. The van der Waals surface area contributed by atoms with E-state index in [1.807, 2.05) is 18.2 Å². The van der Waals surface area contributed by atoms with Gasteiger partial charge in [0.05, 0.1) is 0 Å². The minimum Gasteiger partial charge on any atom is -0.348 e. The number of piperidine rings is 1. The Bertz CT molecular complexity index is 1110. The van der Waals surface area contributed by atoms with Crippen LogP contribution in [0, 0.1) is 11.6 Å². The molecule has 1 aliphatic rings. The van der Waals surface area contributed by atoms with Gasteiger partial charge in [0, 0.05) is 49.7 Å². The summed E-state index contributed by atoms with van der Waals surface area (Å²) in [5, 5.41) is 5.37. The molecule has 0 saturated carbocycles. The number of carbonyl (C=O) groups excluding carboxylic acids is 2. The number of hydrogen-bond donors (Lipinski definition) is 2. The average molecular weight is 451 g/mol. The maximum atomic E-state index is 13.4. The molecule has 33 heavy (non-hydrogen) atoms. The molecule has 2 amide bonds. The van der Waals surface area contributed by atoms with E-state index in [4.69, 9.17) is 0 Å². The van der Waals surface area contributed by atoms with Crippen molar-refractivity contribution in [3.8, 4) is 0 Å². The second kappa shape index (κ2) is 10.3. The highest BCUT2D eigenvalue weighted by molar-refractivity contribution is 6.07. The van der Waals surface area contributed by atoms with Crippen LogP contribution in [0.25, 0.3) is 0 Å². The normalized spacial score (nSPS) is 14.6. The van der Waals surface area contributed by atoms with Gasteiger partial charge in [0.2, 0.25) is 0 Å². The van der Waals surface area contributed by atoms with E-state index in [1.165, 1.54) is 18.0 Å². The second-order valence-electron chi connectivity index (χ2n) is 7.88. The Morgan fingerprint density at radius 2 is 1.61 bits per heavy atom. The summed E-state index contributed by atoms with van der Waals surface area (Å²) < 4.78 is 26.9. The number of likely N-dealkylation sites (tertiary alicyclic amines) is 1. The number of rotatable bonds is 6. The molecule has 1 saturated heterocycles. The Kier molecular flexibility index (Phi) is 6.99. The van der Waals surface area contributed by atoms with Crippen LogP contribution in [-0.4, -0.2) is 45.8 Å². The van der Waals surface area contributed by atoms with Crippen LogP contribution >= 0.6 is 0 Å². The van der Waals surface area contributed by atoms with Gasteiger partial charge in [0.25, 0.3) is 11.8 Å². The third-order valence-electron chi connectivity index (χ3n) is 5.44. The van der Waals surface area contributed by atoms with Crippen molar-refractivity contribution in [3.63, 3.8) is 0 Å². The molecule has 0 aliphatic carbocycles. The molecule has 7 nitrogen and oxygen atoms in total. The summed E-state index contributed by atoms with van der Waals surface area (Å²) in [6.07, 6.45) is 4.22. The van der Waals surface area contributed by atoms with Gasteiger partial charge < -0.3 is 10.6 Å². The Morgan fingerprint density at radius 3 is 2.30 bits per heavy atom. The van der Waals surface area contributed by atoms with Gasteiger partial charge in [-0.15, -0.1) is 0 Å². The summed E-state index contributed by atoms with van der Waals surface area (Å²) in [5.74, 6) is -3.10. The van der Waals surface area contributed by atoms with Gasteiger partial charge >= 0.3 is 0 Å². The van der Waals surface area contributed by atoms with E-state index in [1.54, 1.807) is 0 Å². The van der Waals surface area contributed by atoms with Crippen LogP contribution in [0.2, 0.25) is 0 Å². The maximum Gasteiger partial charge on any atom is 0.273 e. The van der Waals surface area contributed by atoms with E-state index < -0.39 is 23.4 Å². The predicted molar refractivity (Wildman–Crippen MR) is 119 cm³/mol. The number of benzene rings is 2. The number of hydrogen-bond acceptors (Lipinski definition) is 5. The number of nitrogens with one attached hydrogen (secondary N) is 2. The zero-order valence-electron chi connectivity index (χ0n) is 17.8. The number of aromatic nitrogens is 2. The topological polar surface area (TPSA) is 87.2 Å². The summed E-state index contributed by atoms with van der Waals surface area (Å²) in [6, 6.07) is 12.6. The minimum atomic E-state index is -0.879. The molecule has 2 heterocycles. The van der Waals surface area contributed by atoms with Crippen molar-refractivity contribution in [2.24, 2.45) is 0 Å². The van der Waals surface area contributed by atoms with E-state index in [2.05, 4.69) is 37.6 Å². The number of anilines is 1. The van der Waals surface area contributed by atoms with Gasteiger partial charge in [-0.1, -0.05) is 30.3 Å². The van der Waals surface area contributed by atoms with Crippen molar-refractivity contribution in [1.29, 1.82) is 0 Å². The summed E-state index contributed by atoms with van der Waals surface area (Å²) in [6.45, 7) is 2.55. The summed E-state index contributed by atoms with van der Waals surface area (Å²) in [7, 11) is 0. The van der Waals surface area contributed by atoms with Crippen molar-refractivity contribution in [2.75, 3.05) is 18.4 Å². The van der Waals surface area contributed by atoms with Gasteiger partial charge in [-0.05, 0) is 30.5 Å². The molecule has 0 bridgehead atoms. The van der Waals surface area contributed by atoms with Crippen molar-refractivity contribution < 1.29 is 18.4 Å². The molecule has 1 fully saturated rings. The fourth-order valence-electron chi connectivity index (χ4n) is 3.79. The molecule has 4 rings (SSSR count). The molecular formula is C24H23F2N5O2. The smallest absolute Gasteiger partial charge is 0.273 e. The first-order valence-corrected chi connectivity index (χ1v) is 10.6. The van der Waals surface area contributed by atoms with Crippen LogP contribution in [0.5, 0.6) is 0 Å². The van der Waals surface area contributed by atoms with Crippen molar-refractivity contribution in [1.82, 2.24) is 20.2 Å².